The van der Waals surface area contributed by atoms with Gasteiger partial charge in [0, 0.05) is 31.1 Å². The van der Waals surface area contributed by atoms with E-state index in [1.807, 2.05) is 35.8 Å². The van der Waals surface area contributed by atoms with Gasteiger partial charge in [-0.15, -0.1) is 0 Å². The number of amides is 2. The number of fused-ring (bicyclic) bond motifs is 3. The second kappa shape index (κ2) is 8.54. The predicted molar refractivity (Wildman–Crippen MR) is 119 cm³/mol. The Labute approximate surface area is 183 Å². The van der Waals surface area contributed by atoms with Crippen molar-refractivity contribution in [3.8, 4) is 5.75 Å². The standard InChI is InChI=1S/C24H33N3O4/c1-16(2)9-10-27-22(28)21-12-17-7-8-18(30-4)13-20(17)26(21)15-24(27,3)23(29)25-14-19-6-5-11-31-19/h7-8,12-13,16,19H,5-6,9-11,14-15H2,1-4H3,(H,25,29)/t19-,24+/m0/s1. The van der Waals surface area contributed by atoms with Crippen LogP contribution in [0.3, 0.4) is 0 Å². The summed E-state index contributed by atoms with van der Waals surface area (Å²) in [5.41, 5.74) is 0.549. The first kappa shape index (κ1) is 21.7. The van der Waals surface area contributed by atoms with E-state index < -0.39 is 5.54 Å². The number of nitrogens with zero attached hydrogens (tertiary/aromatic N) is 2. The van der Waals surface area contributed by atoms with Crippen molar-refractivity contribution < 1.29 is 19.1 Å². The zero-order chi connectivity index (χ0) is 22.2. The molecule has 4 rings (SSSR count). The van der Waals surface area contributed by atoms with E-state index in [0.29, 0.717) is 31.2 Å². The number of aromatic nitrogens is 1. The molecule has 1 fully saturated rings. The normalized spacial score (nSPS) is 23.5. The summed E-state index contributed by atoms with van der Waals surface area (Å²) in [6.07, 6.45) is 2.88. The van der Waals surface area contributed by atoms with Crippen molar-refractivity contribution in [1.82, 2.24) is 14.8 Å². The lowest BCUT2D eigenvalue weighted by molar-refractivity contribution is -0.133. The van der Waals surface area contributed by atoms with Crippen LogP contribution in [0.4, 0.5) is 0 Å². The predicted octanol–water partition coefficient (Wildman–Crippen LogP) is 3.21. The number of ether oxygens (including phenoxy) is 2. The first-order chi connectivity index (χ1) is 14.8. The maximum absolute atomic E-state index is 13.6. The van der Waals surface area contributed by atoms with Crippen LogP contribution in [0.5, 0.6) is 5.75 Å². The zero-order valence-electron chi connectivity index (χ0n) is 18.9. The Bertz CT molecular complexity index is 977. The number of nitrogens with one attached hydrogen (secondary N) is 1. The molecule has 1 saturated heterocycles. The third-order valence-electron chi connectivity index (χ3n) is 6.57. The molecule has 0 radical (unpaired) electrons. The molecular formula is C24H33N3O4. The Balaban J connectivity index is 1.69. The maximum atomic E-state index is 13.6. The Morgan fingerprint density at radius 3 is 2.84 bits per heavy atom. The van der Waals surface area contributed by atoms with Gasteiger partial charge in [0.25, 0.3) is 5.91 Å². The van der Waals surface area contributed by atoms with Crippen LogP contribution in [0.2, 0.25) is 0 Å². The summed E-state index contributed by atoms with van der Waals surface area (Å²) < 4.78 is 13.0. The van der Waals surface area contributed by atoms with Crippen LogP contribution in [0.25, 0.3) is 10.9 Å². The lowest BCUT2D eigenvalue weighted by Gasteiger charge is -2.44. The number of carbonyl (C=O) groups is 2. The van der Waals surface area contributed by atoms with Crippen LogP contribution in [0, 0.1) is 5.92 Å². The number of hydrogen-bond acceptors (Lipinski definition) is 4. The van der Waals surface area contributed by atoms with Crippen molar-refractivity contribution >= 4 is 22.7 Å². The Morgan fingerprint density at radius 1 is 1.35 bits per heavy atom. The minimum atomic E-state index is -0.980. The SMILES string of the molecule is COc1ccc2cc3n(c2c1)C[C@](C)(C(=O)NC[C@@H]1CCCO1)N(CCC(C)C)C3=O. The Hall–Kier alpha value is -2.54. The van der Waals surface area contributed by atoms with Gasteiger partial charge in [-0.25, -0.2) is 0 Å². The van der Waals surface area contributed by atoms with Gasteiger partial charge in [-0.3, -0.25) is 9.59 Å². The average Bonchev–Trinajstić information content (AvgIpc) is 3.39. The highest BCUT2D eigenvalue weighted by Crippen LogP contribution is 2.34. The van der Waals surface area contributed by atoms with Crippen LogP contribution >= 0.6 is 0 Å². The van der Waals surface area contributed by atoms with E-state index in [1.165, 1.54) is 0 Å². The van der Waals surface area contributed by atoms with Gasteiger partial charge < -0.3 is 24.3 Å². The summed E-state index contributed by atoms with van der Waals surface area (Å²) in [4.78, 5) is 28.8. The van der Waals surface area contributed by atoms with Crippen molar-refractivity contribution in [2.75, 3.05) is 26.8 Å². The van der Waals surface area contributed by atoms with E-state index in [9.17, 15) is 9.59 Å². The molecule has 2 aliphatic heterocycles. The number of hydrogen-bond donors (Lipinski definition) is 1. The molecule has 3 heterocycles. The lowest BCUT2D eigenvalue weighted by atomic mass is 9.93. The minimum absolute atomic E-state index is 0.0585. The molecule has 2 amide bonds. The minimum Gasteiger partial charge on any atom is -0.497 e. The molecule has 0 saturated carbocycles. The number of methoxy groups -OCH3 is 1. The molecule has 0 aliphatic carbocycles. The van der Waals surface area contributed by atoms with E-state index in [-0.39, 0.29) is 17.9 Å². The first-order valence-electron chi connectivity index (χ1n) is 11.2. The van der Waals surface area contributed by atoms with Gasteiger partial charge in [-0.05, 0) is 50.3 Å². The monoisotopic (exact) mass is 427 g/mol. The number of rotatable bonds is 7. The van der Waals surface area contributed by atoms with E-state index >= 15 is 0 Å². The quantitative estimate of drug-likeness (QED) is 0.737. The Kier molecular flexibility index (Phi) is 5.97. The second-order valence-corrected chi connectivity index (χ2v) is 9.30. The van der Waals surface area contributed by atoms with Gasteiger partial charge >= 0.3 is 0 Å². The fourth-order valence-corrected chi connectivity index (χ4v) is 4.60. The summed E-state index contributed by atoms with van der Waals surface area (Å²) in [5.74, 6) is 0.934. The summed E-state index contributed by atoms with van der Waals surface area (Å²) in [5, 5.41) is 4.04. The fraction of sp³-hybridized carbons (Fsp3) is 0.583. The van der Waals surface area contributed by atoms with E-state index in [1.54, 1.807) is 12.0 Å². The van der Waals surface area contributed by atoms with E-state index in [0.717, 1.165) is 42.5 Å². The molecule has 7 nitrogen and oxygen atoms in total. The van der Waals surface area contributed by atoms with Gasteiger partial charge in [0.05, 0.1) is 25.3 Å². The molecule has 2 atom stereocenters. The summed E-state index contributed by atoms with van der Waals surface area (Å²) in [6.45, 7) is 8.32. The third-order valence-corrected chi connectivity index (χ3v) is 6.57. The van der Waals surface area contributed by atoms with Crippen LogP contribution in [0.15, 0.2) is 24.3 Å². The Morgan fingerprint density at radius 2 is 2.16 bits per heavy atom. The summed E-state index contributed by atoms with van der Waals surface area (Å²) in [6, 6.07) is 7.70. The highest BCUT2D eigenvalue weighted by Gasteiger charge is 2.47. The molecule has 0 bridgehead atoms. The number of benzene rings is 1. The lowest BCUT2D eigenvalue weighted by Crippen LogP contribution is -2.64. The first-order valence-corrected chi connectivity index (χ1v) is 11.2. The van der Waals surface area contributed by atoms with Crippen molar-refractivity contribution in [2.45, 2.75) is 58.2 Å². The molecule has 2 aliphatic rings. The van der Waals surface area contributed by atoms with Crippen molar-refractivity contribution in [2.24, 2.45) is 5.92 Å². The van der Waals surface area contributed by atoms with Crippen molar-refractivity contribution in [1.29, 1.82) is 0 Å². The maximum Gasteiger partial charge on any atom is 0.271 e. The van der Waals surface area contributed by atoms with Gasteiger partial charge in [0.1, 0.15) is 17.0 Å². The smallest absolute Gasteiger partial charge is 0.271 e. The largest absolute Gasteiger partial charge is 0.497 e. The molecule has 1 N–H and O–H groups in total. The third kappa shape index (κ3) is 4.03. The van der Waals surface area contributed by atoms with Crippen LogP contribution in [-0.4, -0.2) is 59.7 Å². The fourth-order valence-electron chi connectivity index (χ4n) is 4.60. The average molecular weight is 428 g/mol. The molecule has 2 aromatic rings. The topological polar surface area (TPSA) is 72.8 Å². The molecule has 1 aromatic heterocycles. The zero-order valence-corrected chi connectivity index (χ0v) is 18.9. The van der Waals surface area contributed by atoms with Gasteiger partial charge in [0.2, 0.25) is 5.91 Å². The second-order valence-electron chi connectivity index (χ2n) is 9.30. The number of carbonyl (C=O) groups excluding carboxylic acids is 2. The van der Waals surface area contributed by atoms with Gasteiger partial charge in [-0.2, -0.15) is 0 Å². The molecular weight excluding hydrogens is 394 g/mol. The van der Waals surface area contributed by atoms with Crippen molar-refractivity contribution in [3.05, 3.63) is 30.0 Å². The summed E-state index contributed by atoms with van der Waals surface area (Å²) in [7, 11) is 1.63. The highest BCUT2D eigenvalue weighted by molar-refractivity contribution is 6.03. The molecule has 0 unspecified atom stereocenters. The highest BCUT2D eigenvalue weighted by atomic mass is 16.5. The summed E-state index contributed by atoms with van der Waals surface area (Å²) >= 11 is 0. The molecule has 168 valence electrons. The van der Waals surface area contributed by atoms with Crippen LogP contribution in [-0.2, 0) is 16.1 Å². The van der Waals surface area contributed by atoms with Gasteiger partial charge in [0.15, 0.2) is 0 Å². The van der Waals surface area contributed by atoms with E-state index in [2.05, 4.69) is 19.2 Å². The molecule has 1 aromatic carbocycles. The van der Waals surface area contributed by atoms with Crippen LogP contribution < -0.4 is 10.1 Å². The van der Waals surface area contributed by atoms with E-state index in [4.69, 9.17) is 9.47 Å². The molecule has 31 heavy (non-hydrogen) atoms. The van der Waals surface area contributed by atoms with Gasteiger partial charge in [-0.1, -0.05) is 13.8 Å². The molecule has 0 spiro atoms. The molecule has 7 heteroatoms. The van der Waals surface area contributed by atoms with Crippen LogP contribution in [0.1, 0.15) is 50.5 Å². The van der Waals surface area contributed by atoms with Crippen molar-refractivity contribution in [3.63, 3.8) is 0 Å².